The fourth-order valence-corrected chi connectivity index (χ4v) is 4.18. The molecule has 4 nitrogen and oxygen atoms in total. The Morgan fingerprint density at radius 3 is 2.29 bits per heavy atom. The molecule has 0 aromatic heterocycles. The number of nitrogens with one attached hydrogen (secondary N) is 1. The zero-order valence-electron chi connectivity index (χ0n) is 19.8. The van der Waals surface area contributed by atoms with Crippen LogP contribution in [-0.2, 0) is 29.0 Å². The van der Waals surface area contributed by atoms with Crippen LogP contribution in [0, 0.1) is 5.82 Å². The zero-order valence-corrected chi connectivity index (χ0v) is 21.3. The number of carbonyl (C=O) groups is 2. The summed E-state index contributed by atoms with van der Waals surface area (Å²) < 4.78 is 13.4. The largest absolute Gasteiger partial charge is 0.352 e. The van der Waals surface area contributed by atoms with Gasteiger partial charge in [-0.2, -0.15) is 0 Å². The van der Waals surface area contributed by atoms with E-state index in [1.807, 2.05) is 44.2 Å². The molecule has 3 rings (SSSR count). The maximum atomic E-state index is 13.7. The number of hydrogen-bond donors (Lipinski definition) is 1. The number of rotatable bonds is 10. The Labute approximate surface area is 216 Å². The van der Waals surface area contributed by atoms with E-state index in [1.165, 1.54) is 12.1 Å². The van der Waals surface area contributed by atoms with Crippen LogP contribution in [-0.4, -0.2) is 28.8 Å². The fourth-order valence-electron chi connectivity index (χ4n) is 3.71. The normalized spacial score (nSPS) is 12.6. The van der Waals surface area contributed by atoms with E-state index >= 15 is 0 Å². The predicted octanol–water partition coefficient (Wildman–Crippen LogP) is 6.23. The van der Waals surface area contributed by atoms with Gasteiger partial charge in [0.05, 0.1) is 6.42 Å². The molecule has 35 heavy (non-hydrogen) atoms. The van der Waals surface area contributed by atoms with Crippen molar-refractivity contribution in [2.24, 2.45) is 0 Å². The summed E-state index contributed by atoms with van der Waals surface area (Å²) in [5, 5.41) is 3.93. The average Bonchev–Trinajstić information content (AvgIpc) is 2.84. The van der Waals surface area contributed by atoms with Crippen LogP contribution < -0.4 is 5.32 Å². The Balaban J connectivity index is 1.99. The molecule has 0 saturated carbocycles. The Hall–Kier alpha value is -2.89. The van der Waals surface area contributed by atoms with Gasteiger partial charge in [0.2, 0.25) is 11.8 Å². The first kappa shape index (κ1) is 26.7. The first-order valence-corrected chi connectivity index (χ1v) is 12.3. The molecule has 0 aliphatic rings. The third kappa shape index (κ3) is 7.81. The lowest BCUT2D eigenvalue weighted by Gasteiger charge is -2.32. The first-order valence-electron chi connectivity index (χ1n) is 11.6. The number of benzene rings is 3. The van der Waals surface area contributed by atoms with Gasteiger partial charge in [-0.25, -0.2) is 4.39 Å². The van der Waals surface area contributed by atoms with Gasteiger partial charge in [-0.05, 0) is 54.3 Å². The lowest BCUT2D eigenvalue weighted by Crippen LogP contribution is -2.52. The van der Waals surface area contributed by atoms with Gasteiger partial charge < -0.3 is 10.2 Å². The van der Waals surface area contributed by atoms with Crippen molar-refractivity contribution in [2.45, 2.75) is 51.7 Å². The molecule has 2 atom stereocenters. The van der Waals surface area contributed by atoms with Gasteiger partial charge in [-0.3, -0.25) is 9.59 Å². The van der Waals surface area contributed by atoms with Crippen molar-refractivity contribution in [1.82, 2.24) is 10.2 Å². The third-order valence-electron chi connectivity index (χ3n) is 5.90. The molecule has 0 radical (unpaired) electrons. The van der Waals surface area contributed by atoms with Crippen LogP contribution in [0.5, 0.6) is 0 Å². The molecule has 0 unspecified atom stereocenters. The highest BCUT2D eigenvalue weighted by Crippen LogP contribution is 2.24. The summed E-state index contributed by atoms with van der Waals surface area (Å²) in [7, 11) is 0. The van der Waals surface area contributed by atoms with Crippen LogP contribution in [0.4, 0.5) is 4.39 Å². The van der Waals surface area contributed by atoms with E-state index in [9.17, 15) is 14.0 Å². The van der Waals surface area contributed by atoms with Crippen LogP contribution in [0.15, 0.2) is 72.8 Å². The molecule has 3 aromatic rings. The minimum absolute atomic E-state index is 0.0212. The third-order valence-corrected chi connectivity index (χ3v) is 6.48. The molecular weight excluding hydrogens is 486 g/mol. The molecular formula is C28H29Cl2FN2O2. The summed E-state index contributed by atoms with van der Waals surface area (Å²) in [5.74, 6) is -0.871. The van der Waals surface area contributed by atoms with E-state index < -0.39 is 6.04 Å². The first-order chi connectivity index (χ1) is 16.8. The topological polar surface area (TPSA) is 49.4 Å². The van der Waals surface area contributed by atoms with E-state index in [4.69, 9.17) is 23.2 Å². The quantitative estimate of drug-likeness (QED) is 0.348. The average molecular weight is 515 g/mol. The highest BCUT2D eigenvalue weighted by molar-refractivity contribution is 6.35. The second-order valence-electron chi connectivity index (χ2n) is 8.58. The fraction of sp³-hybridized carbons (Fsp3) is 0.286. The number of hydrogen-bond acceptors (Lipinski definition) is 2. The van der Waals surface area contributed by atoms with Crippen LogP contribution in [0.3, 0.4) is 0 Å². The molecule has 0 aliphatic heterocycles. The number of amides is 2. The van der Waals surface area contributed by atoms with Crippen LogP contribution in [0.2, 0.25) is 10.0 Å². The van der Waals surface area contributed by atoms with E-state index in [-0.39, 0.29) is 36.6 Å². The van der Waals surface area contributed by atoms with Gasteiger partial charge in [-0.1, -0.05) is 78.7 Å². The maximum Gasteiger partial charge on any atom is 0.243 e. The summed E-state index contributed by atoms with van der Waals surface area (Å²) in [6.07, 6.45) is 1.12. The standard InChI is InChI=1S/C28H29Cl2FN2O2/c1-3-19(2)32-28(35)26(15-20-7-5-4-6-8-20)33(18-22-11-12-23(29)17-25(22)30)27(34)16-21-9-13-24(31)14-10-21/h4-14,17,19,26H,3,15-16,18H2,1-2H3,(H,32,35)/t19-,26-/m1/s1. The molecule has 0 saturated heterocycles. The van der Waals surface area contributed by atoms with Crippen molar-refractivity contribution in [2.75, 3.05) is 0 Å². The van der Waals surface area contributed by atoms with E-state index in [2.05, 4.69) is 5.32 Å². The molecule has 2 amide bonds. The Morgan fingerprint density at radius 2 is 1.66 bits per heavy atom. The highest BCUT2D eigenvalue weighted by Gasteiger charge is 2.31. The van der Waals surface area contributed by atoms with Crippen LogP contribution in [0.25, 0.3) is 0 Å². The Kier molecular flexibility index (Phi) is 9.70. The Morgan fingerprint density at radius 1 is 0.971 bits per heavy atom. The van der Waals surface area contributed by atoms with Gasteiger partial charge in [-0.15, -0.1) is 0 Å². The van der Waals surface area contributed by atoms with E-state index in [1.54, 1.807) is 35.2 Å². The minimum Gasteiger partial charge on any atom is -0.352 e. The van der Waals surface area contributed by atoms with Gasteiger partial charge >= 0.3 is 0 Å². The molecule has 7 heteroatoms. The molecule has 184 valence electrons. The zero-order chi connectivity index (χ0) is 25.4. The molecule has 3 aromatic carbocycles. The van der Waals surface area contributed by atoms with Crippen molar-refractivity contribution >= 4 is 35.0 Å². The van der Waals surface area contributed by atoms with Crippen LogP contribution >= 0.6 is 23.2 Å². The van der Waals surface area contributed by atoms with Crippen molar-refractivity contribution in [3.8, 4) is 0 Å². The van der Waals surface area contributed by atoms with Crippen molar-refractivity contribution in [3.63, 3.8) is 0 Å². The smallest absolute Gasteiger partial charge is 0.243 e. The summed E-state index contributed by atoms with van der Waals surface area (Å²) in [6, 6.07) is 19.6. The molecule has 0 bridgehead atoms. The number of halogens is 3. The second kappa shape index (κ2) is 12.7. The van der Waals surface area contributed by atoms with Crippen LogP contribution in [0.1, 0.15) is 37.0 Å². The van der Waals surface area contributed by atoms with Gasteiger partial charge in [0.15, 0.2) is 0 Å². The second-order valence-corrected chi connectivity index (χ2v) is 9.43. The lowest BCUT2D eigenvalue weighted by atomic mass is 10.0. The van der Waals surface area contributed by atoms with Crippen molar-refractivity contribution in [1.29, 1.82) is 0 Å². The highest BCUT2D eigenvalue weighted by atomic mass is 35.5. The van der Waals surface area contributed by atoms with E-state index in [0.29, 0.717) is 27.6 Å². The van der Waals surface area contributed by atoms with Crippen molar-refractivity contribution in [3.05, 3.63) is 105 Å². The summed E-state index contributed by atoms with van der Waals surface area (Å²) in [6.45, 7) is 4.04. The van der Waals surface area contributed by atoms with E-state index in [0.717, 1.165) is 12.0 Å². The van der Waals surface area contributed by atoms with Crippen molar-refractivity contribution < 1.29 is 14.0 Å². The molecule has 0 aliphatic carbocycles. The van der Waals surface area contributed by atoms with Gasteiger partial charge in [0, 0.05) is 29.1 Å². The number of nitrogens with zero attached hydrogens (tertiary/aromatic N) is 1. The maximum absolute atomic E-state index is 13.7. The summed E-state index contributed by atoms with van der Waals surface area (Å²) >= 11 is 12.5. The monoisotopic (exact) mass is 514 g/mol. The summed E-state index contributed by atoms with van der Waals surface area (Å²) in [5.41, 5.74) is 2.26. The molecule has 0 heterocycles. The Bertz CT molecular complexity index is 1140. The minimum atomic E-state index is -0.772. The SMILES string of the molecule is CC[C@@H](C)NC(=O)[C@@H](Cc1ccccc1)N(Cc1ccc(Cl)cc1Cl)C(=O)Cc1ccc(F)cc1. The lowest BCUT2D eigenvalue weighted by molar-refractivity contribution is -0.141. The molecule has 0 spiro atoms. The number of carbonyl (C=O) groups excluding carboxylic acids is 2. The van der Waals surface area contributed by atoms with Gasteiger partial charge in [0.1, 0.15) is 11.9 Å². The molecule has 1 N–H and O–H groups in total. The van der Waals surface area contributed by atoms with Gasteiger partial charge in [0.25, 0.3) is 0 Å². The molecule has 0 fully saturated rings. The predicted molar refractivity (Wildman–Crippen MR) is 139 cm³/mol. The summed E-state index contributed by atoms with van der Waals surface area (Å²) in [4.78, 5) is 28.7.